The second-order valence-electron chi connectivity index (χ2n) is 5.15. The molecule has 2 bridgehead atoms. The number of Topliss-reactive ketones (excluding diaryl/α,β-unsaturated/α-hetero) is 1. The summed E-state index contributed by atoms with van der Waals surface area (Å²) in [7, 11) is 0. The Morgan fingerprint density at radius 3 is 2.81 bits per heavy atom. The molecule has 16 heavy (non-hydrogen) atoms. The van der Waals surface area contributed by atoms with Crippen LogP contribution >= 0.6 is 0 Å². The van der Waals surface area contributed by atoms with Gasteiger partial charge in [-0.2, -0.15) is 0 Å². The quantitative estimate of drug-likeness (QED) is 0.648. The van der Waals surface area contributed by atoms with Gasteiger partial charge in [-0.05, 0) is 38.6 Å². The first kappa shape index (κ1) is 10.3. The summed E-state index contributed by atoms with van der Waals surface area (Å²) in [6.07, 6.45) is 5.42. The lowest BCUT2D eigenvalue weighted by Crippen LogP contribution is -2.55. The van der Waals surface area contributed by atoms with Crippen molar-refractivity contribution in [2.75, 3.05) is 6.54 Å². The fraction of sp³-hybridized carbons (Fsp3) is 0.833. The Kier molecular flexibility index (Phi) is 2.46. The minimum atomic E-state index is -0.0970. The largest absolute Gasteiger partial charge is 0.328 e. The molecule has 0 aromatic carbocycles. The number of rotatable bonds is 0. The highest BCUT2D eigenvalue weighted by Crippen LogP contribution is 2.34. The molecule has 3 rings (SSSR count). The number of nitrogens with zero attached hydrogens (tertiary/aromatic N) is 1. The van der Waals surface area contributed by atoms with Crippen LogP contribution in [0.4, 0.5) is 0 Å². The lowest BCUT2D eigenvalue weighted by molar-refractivity contribution is -0.143. The molecule has 0 radical (unpaired) electrons. The van der Waals surface area contributed by atoms with Crippen LogP contribution < -0.4 is 5.32 Å². The van der Waals surface area contributed by atoms with Crippen molar-refractivity contribution in [2.45, 2.75) is 56.7 Å². The normalized spacial score (nSPS) is 39.2. The monoisotopic (exact) mass is 222 g/mol. The van der Waals surface area contributed by atoms with E-state index in [1.807, 2.05) is 4.90 Å². The molecule has 1 N–H and O–H groups in total. The molecule has 4 heteroatoms. The van der Waals surface area contributed by atoms with Crippen LogP contribution in [0.2, 0.25) is 0 Å². The van der Waals surface area contributed by atoms with E-state index in [1.54, 1.807) is 0 Å². The summed E-state index contributed by atoms with van der Waals surface area (Å²) in [6, 6.07) is 0.223. The van der Waals surface area contributed by atoms with E-state index in [4.69, 9.17) is 0 Å². The van der Waals surface area contributed by atoms with Gasteiger partial charge < -0.3 is 10.2 Å². The molecule has 1 amide bonds. The van der Waals surface area contributed by atoms with Crippen LogP contribution in [0.1, 0.15) is 38.5 Å². The maximum absolute atomic E-state index is 12.3. The molecule has 0 unspecified atom stereocenters. The van der Waals surface area contributed by atoms with Gasteiger partial charge >= 0.3 is 0 Å². The highest BCUT2D eigenvalue weighted by atomic mass is 16.2. The number of amides is 1. The van der Waals surface area contributed by atoms with Crippen molar-refractivity contribution >= 4 is 11.7 Å². The smallest absolute Gasteiger partial charge is 0.240 e. The Balaban J connectivity index is 1.92. The average molecular weight is 222 g/mol. The number of carbonyl (C=O) groups excluding carboxylic acids is 2. The standard InChI is InChI=1S/C12H18N2O2/c15-11-2-1-7-13-9-5-3-8-4-6-10(11)14(8)12(9)16/h8-10,13H,1-7H2/t8-,9+,10-/m0/s1. The van der Waals surface area contributed by atoms with Gasteiger partial charge in [0.05, 0.1) is 12.1 Å². The van der Waals surface area contributed by atoms with E-state index in [0.717, 1.165) is 38.6 Å². The Morgan fingerprint density at radius 1 is 1.12 bits per heavy atom. The molecule has 4 nitrogen and oxygen atoms in total. The lowest BCUT2D eigenvalue weighted by atomic mass is 9.98. The van der Waals surface area contributed by atoms with Gasteiger partial charge in [-0.25, -0.2) is 0 Å². The summed E-state index contributed by atoms with van der Waals surface area (Å²) in [5.41, 5.74) is 0. The first-order chi connectivity index (χ1) is 7.77. The number of hydrogen-bond acceptors (Lipinski definition) is 3. The number of hydrogen-bond donors (Lipinski definition) is 1. The third kappa shape index (κ3) is 1.47. The van der Waals surface area contributed by atoms with Crippen LogP contribution in [-0.4, -0.2) is 41.3 Å². The van der Waals surface area contributed by atoms with Crippen LogP contribution in [0.5, 0.6) is 0 Å². The van der Waals surface area contributed by atoms with E-state index < -0.39 is 0 Å². The van der Waals surface area contributed by atoms with Gasteiger partial charge in [-0.3, -0.25) is 9.59 Å². The van der Waals surface area contributed by atoms with Crippen LogP contribution in [0.15, 0.2) is 0 Å². The van der Waals surface area contributed by atoms with Gasteiger partial charge in [0.1, 0.15) is 0 Å². The van der Waals surface area contributed by atoms with Crippen LogP contribution in [0.25, 0.3) is 0 Å². The molecule has 88 valence electrons. The van der Waals surface area contributed by atoms with Gasteiger partial charge in [0, 0.05) is 12.5 Å². The molecule has 3 aliphatic rings. The molecule has 0 aromatic heterocycles. The predicted molar refractivity (Wildman–Crippen MR) is 58.9 cm³/mol. The predicted octanol–water partition coefficient (Wildman–Crippen LogP) is 0.461. The summed E-state index contributed by atoms with van der Waals surface area (Å²) in [5.74, 6) is 0.453. The van der Waals surface area contributed by atoms with E-state index in [0.29, 0.717) is 12.5 Å². The zero-order chi connectivity index (χ0) is 11.1. The second kappa shape index (κ2) is 3.84. The van der Waals surface area contributed by atoms with Crippen molar-refractivity contribution in [3.63, 3.8) is 0 Å². The number of fused-ring (bicyclic) bond motifs is 1. The van der Waals surface area contributed by atoms with E-state index in [9.17, 15) is 9.59 Å². The molecule has 3 fully saturated rings. The lowest BCUT2D eigenvalue weighted by Gasteiger charge is -2.37. The van der Waals surface area contributed by atoms with Crippen molar-refractivity contribution in [3.05, 3.63) is 0 Å². The topological polar surface area (TPSA) is 49.4 Å². The van der Waals surface area contributed by atoms with Crippen molar-refractivity contribution in [3.8, 4) is 0 Å². The van der Waals surface area contributed by atoms with Gasteiger partial charge in [0.15, 0.2) is 5.78 Å². The zero-order valence-electron chi connectivity index (χ0n) is 9.45. The zero-order valence-corrected chi connectivity index (χ0v) is 9.45. The molecule has 3 heterocycles. The van der Waals surface area contributed by atoms with E-state index in [2.05, 4.69) is 5.32 Å². The van der Waals surface area contributed by atoms with Gasteiger partial charge in [0.2, 0.25) is 5.91 Å². The molecule has 0 aromatic rings. The maximum Gasteiger partial charge on any atom is 0.240 e. The highest BCUT2D eigenvalue weighted by molar-refractivity contribution is 5.92. The van der Waals surface area contributed by atoms with E-state index >= 15 is 0 Å². The number of nitrogens with one attached hydrogen (secondary N) is 1. The minimum Gasteiger partial charge on any atom is -0.328 e. The fourth-order valence-corrected chi connectivity index (χ4v) is 3.37. The van der Waals surface area contributed by atoms with Crippen LogP contribution in [-0.2, 0) is 9.59 Å². The number of ketones is 1. The van der Waals surface area contributed by atoms with Crippen LogP contribution in [0.3, 0.4) is 0 Å². The van der Waals surface area contributed by atoms with E-state index in [-0.39, 0.29) is 23.8 Å². The van der Waals surface area contributed by atoms with Gasteiger partial charge in [0.25, 0.3) is 0 Å². The van der Waals surface area contributed by atoms with Crippen molar-refractivity contribution in [2.24, 2.45) is 0 Å². The second-order valence-corrected chi connectivity index (χ2v) is 5.15. The Morgan fingerprint density at radius 2 is 1.94 bits per heavy atom. The van der Waals surface area contributed by atoms with Gasteiger partial charge in [-0.1, -0.05) is 0 Å². The fourth-order valence-electron chi connectivity index (χ4n) is 3.37. The average Bonchev–Trinajstić information content (AvgIpc) is 2.70. The molecule has 0 aliphatic carbocycles. The molecular weight excluding hydrogens is 204 g/mol. The van der Waals surface area contributed by atoms with Crippen molar-refractivity contribution in [1.82, 2.24) is 10.2 Å². The Hall–Kier alpha value is -0.900. The summed E-state index contributed by atoms with van der Waals surface area (Å²) < 4.78 is 0. The number of carbonyl (C=O) groups is 2. The van der Waals surface area contributed by atoms with Crippen molar-refractivity contribution in [1.29, 1.82) is 0 Å². The SMILES string of the molecule is O=C1CCCN[C@@H]2CC[C@H]3CC[C@@H]1N3C2=O. The number of piperidine rings is 1. The van der Waals surface area contributed by atoms with E-state index in [1.165, 1.54) is 0 Å². The summed E-state index contributed by atoms with van der Waals surface area (Å²) in [4.78, 5) is 26.1. The third-order valence-electron chi connectivity index (χ3n) is 4.21. The highest BCUT2D eigenvalue weighted by Gasteiger charge is 2.45. The molecule has 3 aliphatic heterocycles. The minimum absolute atomic E-state index is 0.0252. The Bertz CT molecular complexity index is 329. The van der Waals surface area contributed by atoms with Gasteiger partial charge in [-0.15, -0.1) is 0 Å². The summed E-state index contributed by atoms with van der Waals surface area (Å²) in [6.45, 7) is 0.799. The summed E-state index contributed by atoms with van der Waals surface area (Å²) >= 11 is 0. The van der Waals surface area contributed by atoms with Crippen molar-refractivity contribution < 1.29 is 9.59 Å². The first-order valence-electron chi connectivity index (χ1n) is 6.35. The Labute approximate surface area is 95.4 Å². The molecule has 0 spiro atoms. The molecule has 3 atom stereocenters. The molecule has 3 saturated heterocycles. The maximum atomic E-state index is 12.3. The molecular formula is C12H18N2O2. The first-order valence-corrected chi connectivity index (χ1v) is 6.35. The summed E-state index contributed by atoms with van der Waals surface area (Å²) in [5, 5.41) is 3.29. The molecule has 0 saturated carbocycles. The third-order valence-corrected chi connectivity index (χ3v) is 4.21. The van der Waals surface area contributed by atoms with Crippen LogP contribution in [0, 0.1) is 0 Å².